The van der Waals surface area contributed by atoms with Crippen LogP contribution < -0.4 is 10.6 Å². The highest BCUT2D eigenvalue weighted by molar-refractivity contribution is 5.94. The van der Waals surface area contributed by atoms with Crippen molar-refractivity contribution in [1.29, 1.82) is 0 Å². The minimum absolute atomic E-state index is 0.0262. The molecule has 3 rings (SSSR count). The Morgan fingerprint density at radius 2 is 1.69 bits per heavy atom. The first-order chi connectivity index (χ1) is 13.9. The molecule has 5 nitrogen and oxygen atoms in total. The van der Waals surface area contributed by atoms with E-state index in [1.807, 2.05) is 30.9 Å². The standard InChI is InChI=1S/C24H37N3O2/c1-17-12-18(2)14-21(13-17)24(29)26-15-20-7-9-22(10-8-20)25-16-23(28)27-11-5-4-6-19(27)3/h12-14,19-20,22,25H,4-11,15-16H2,1-3H3,(H,26,29). The molecule has 2 N–H and O–H groups in total. The Hall–Kier alpha value is -1.88. The fourth-order valence-corrected chi connectivity index (χ4v) is 4.82. The molecule has 1 saturated heterocycles. The molecule has 1 unspecified atom stereocenters. The molecule has 1 aliphatic carbocycles. The van der Waals surface area contributed by atoms with Crippen LogP contribution in [0.4, 0.5) is 0 Å². The number of likely N-dealkylation sites (tertiary alicyclic amines) is 1. The van der Waals surface area contributed by atoms with Gasteiger partial charge in [-0.05, 0) is 83.8 Å². The Bertz CT molecular complexity index is 690. The maximum atomic E-state index is 12.5. The number of piperidine rings is 1. The number of rotatable bonds is 6. The Kier molecular flexibility index (Phi) is 7.70. The maximum absolute atomic E-state index is 12.5. The monoisotopic (exact) mass is 399 g/mol. The lowest BCUT2D eigenvalue weighted by Gasteiger charge is -2.34. The number of carbonyl (C=O) groups is 2. The second-order valence-corrected chi connectivity index (χ2v) is 9.12. The predicted octanol–water partition coefficient (Wildman–Crippen LogP) is 3.58. The average Bonchev–Trinajstić information content (AvgIpc) is 2.70. The normalized spacial score (nSPS) is 24.9. The summed E-state index contributed by atoms with van der Waals surface area (Å²) < 4.78 is 0. The molecule has 1 aliphatic heterocycles. The number of benzene rings is 1. The van der Waals surface area contributed by atoms with Crippen LogP contribution >= 0.6 is 0 Å². The summed E-state index contributed by atoms with van der Waals surface area (Å²) in [5, 5.41) is 6.60. The van der Waals surface area contributed by atoms with Gasteiger partial charge in [0.25, 0.3) is 5.91 Å². The zero-order valence-electron chi connectivity index (χ0n) is 18.3. The molecule has 1 saturated carbocycles. The minimum atomic E-state index is 0.0262. The molecule has 0 aromatic heterocycles. The predicted molar refractivity (Wildman–Crippen MR) is 117 cm³/mol. The van der Waals surface area contributed by atoms with Gasteiger partial charge in [-0.1, -0.05) is 17.2 Å². The van der Waals surface area contributed by atoms with Crippen LogP contribution in [0.1, 0.15) is 73.4 Å². The van der Waals surface area contributed by atoms with Gasteiger partial charge < -0.3 is 15.5 Å². The van der Waals surface area contributed by atoms with Crippen LogP contribution in [0, 0.1) is 19.8 Å². The fourth-order valence-electron chi connectivity index (χ4n) is 4.82. The number of amides is 2. The molecular weight excluding hydrogens is 362 g/mol. The molecule has 0 bridgehead atoms. The molecule has 29 heavy (non-hydrogen) atoms. The first-order valence-corrected chi connectivity index (χ1v) is 11.3. The highest BCUT2D eigenvalue weighted by atomic mass is 16.2. The first kappa shape index (κ1) is 21.8. The smallest absolute Gasteiger partial charge is 0.251 e. The molecule has 5 heteroatoms. The summed E-state index contributed by atoms with van der Waals surface area (Å²) >= 11 is 0. The highest BCUT2D eigenvalue weighted by Gasteiger charge is 2.25. The van der Waals surface area contributed by atoms with Gasteiger partial charge in [0.1, 0.15) is 0 Å². The third kappa shape index (κ3) is 6.30. The summed E-state index contributed by atoms with van der Waals surface area (Å²) in [6.07, 6.45) is 7.85. The van der Waals surface area contributed by atoms with Crippen molar-refractivity contribution in [3.8, 4) is 0 Å². The van der Waals surface area contributed by atoms with E-state index >= 15 is 0 Å². The molecule has 1 heterocycles. The largest absolute Gasteiger partial charge is 0.352 e. The molecular formula is C24H37N3O2. The van der Waals surface area contributed by atoms with E-state index in [0.29, 0.717) is 24.5 Å². The van der Waals surface area contributed by atoms with Crippen molar-refractivity contribution < 1.29 is 9.59 Å². The van der Waals surface area contributed by atoms with Gasteiger partial charge in [0, 0.05) is 30.7 Å². The van der Waals surface area contributed by atoms with Crippen LogP contribution in [0.2, 0.25) is 0 Å². The quantitative estimate of drug-likeness (QED) is 0.769. The van der Waals surface area contributed by atoms with Crippen LogP contribution in [0.5, 0.6) is 0 Å². The molecule has 1 atom stereocenters. The van der Waals surface area contributed by atoms with Gasteiger partial charge in [-0.15, -0.1) is 0 Å². The van der Waals surface area contributed by atoms with Gasteiger partial charge >= 0.3 is 0 Å². The molecule has 0 spiro atoms. The lowest BCUT2D eigenvalue weighted by Crippen LogP contribution is -2.48. The van der Waals surface area contributed by atoms with E-state index in [2.05, 4.69) is 23.6 Å². The van der Waals surface area contributed by atoms with E-state index in [-0.39, 0.29) is 11.8 Å². The number of nitrogens with one attached hydrogen (secondary N) is 2. The molecule has 2 amide bonds. The van der Waals surface area contributed by atoms with Crippen LogP contribution in [-0.2, 0) is 4.79 Å². The van der Waals surface area contributed by atoms with Crippen molar-refractivity contribution >= 4 is 11.8 Å². The van der Waals surface area contributed by atoms with Crippen molar-refractivity contribution in [2.24, 2.45) is 5.92 Å². The van der Waals surface area contributed by atoms with E-state index in [9.17, 15) is 9.59 Å². The van der Waals surface area contributed by atoms with Gasteiger partial charge in [0.2, 0.25) is 5.91 Å². The summed E-state index contributed by atoms with van der Waals surface area (Å²) in [7, 11) is 0. The second kappa shape index (κ2) is 10.2. The van der Waals surface area contributed by atoms with Gasteiger partial charge in [-0.3, -0.25) is 9.59 Å². The fraction of sp³-hybridized carbons (Fsp3) is 0.667. The number of aryl methyl sites for hydroxylation is 2. The van der Waals surface area contributed by atoms with Crippen LogP contribution in [0.15, 0.2) is 18.2 Å². The molecule has 1 aromatic rings. The Labute approximate surface area is 175 Å². The zero-order chi connectivity index (χ0) is 20.8. The van der Waals surface area contributed by atoms with E-state index in [1.54, 1.807) is 0 Å². The maximum Gasteiger partial charge on any atom is 0.251 e. The lowest BCUT2D eigenvalue weighted by molar-refractivity contribution is -0.133. The third-order valence-corrected chi connectivity index (χ3v) is 6.55. The van der Waals surface area contributed by atoms with Crippen molar-refractivity contribution in [2.75, 3.05) is 19.6 Å². The van der Waals surface area contributed by atoms with Crippen molar-refractivity contribution in [2.45, 2.75) is 77.8 Å². The summed E-state index contributed by atoms with van der Waals surface area (Å²) in [5.41, 5.74) is 2.99. The minimum Gasteiger partial charge on any atom is -0.352 e. The molecule has 1 aromatic carbocycles. The number of carbonyl (C=O) groups excluding carboxylic acids is 2. The third-order valence-electron chi connectivity index (χ3n) is 6.55. The van der Waals surface area contributed by atoms with E-state index in [0.717, 1.165) is 68.3 Å². The summed E-state index contributed by atoms with van der Waals surface area (Å²) in [5.74, 6) is 0.805. The van der Waals surface area contributed by atoms with Crippen LogP contribution in [-0.4, -0.2) is 48.4 Å². The summed E-state index contributed by atoms with van der Waals surface area (Å²) in [6, 6.07) is 6.79. The van der Waals surface area contributed by atoms with Gasteiger partial charge in [-0.2, -0.15) is 0 Å². The van der Waals surface area contributed by atoms with Gasteiger partial charge in [0.05, 0.1) is 6.54 Å². The molecule has 160 valence electrons. The van der Waals surface area contributed by atoms with Crippen molar-refractivity contribution in [1.82, 2.24) is 15.5 Å². The Morgan fingerprint density at radius 3 is 2.34 bits per heavy atom. The van der Waals surface area contributed by atoms with E-state index < -0.39 is 0 Å². The highest BCUT2D eigenvalue weighted by Crippen LogP contribution is 2.24. The number of hydrogen-bond donors (Lipinski definition) is 2. The average molecular weight is 400 g/mol. The van der Waals surface area contributed by atoms with Crippen molar-refractivity contribution in [3.05, 3.63) is 34.9 Å². The van der Waals surface area contributed by atoms with E-state index in [1.165, 1.54) is 6.42 Å². The summed E-state index contributed by atoms with van der Waals surface area (Å²) in [6.45, 7) is 8.32. The summed E-state index contributed by atoms with van der Waals surface area (Å²) in [4.78, 5) is 27.0. The SMILES string of the molecule is Cc1cc(C)cc(C(=O)NCC2CCC(NCC(=O)N3CCCCC3C)CC2)c1. The zero-order valence-corrected chi connectivity index (χ0v) is 18.3. The first-order valence-electron chi connectivity index (χ1n) is 11.3. The van der Waals surface area contributed by atoms with Crippen LogP contribution in [0.3, 0.4) is 0 Å². The topological polar surface area (TPSA) is 61.4 Å². The van der Waals surface area contributed by atoms with Crippen LogP contribution in [0.25, 0.3) is 0 Å². The molecule has 2 aliphatic rings. The van der Waals surface area contributed by atoms with Gasteiger partial charge in [0.15, 0.2) is 0 Å². The number of hydrogen-bond acceptors (Lipinski definition) is 3. The van der Waals surface area contributed by atoms with Gasteiger partial charge in [-0.25, -0.2) is 0 Å². The second-order valence-electron chi connectivity index (χ2n) is 9.12. The molecule has 2 fully saturated rings. The lowest BCUT2D eigenvalue weighted by atomic mass is 9.86. The van der Waals surface area contributed by atoms with Crippen molar-refractivity contribution in [3.63, 3.8) is 0 Å². The molecule has 0 radical (unpaired) electrons. The van der Waals surface area contributed by atoms with E-state index in [4.69, 9.17) is 0 Å². The number of nitrogens with zero attached hydrogens (tertiary/aromatic N) is 1. The Balaban J connectivity index is 1.36. The Morgan fingerprint density at radius 1 is 1.00 bits per heavy atom.